The van der Waals surface area contributed by atoms with Crippen molar-refractivity contribution in [3.63, 3.8) is 0 Å². The smallest absolute Gasteiger partial charge is 0.269 e. The zero-order valence-electron chi connectivity index (χ0n) is 16.0. The van der Waals surface area contributed by atoms with Crippen LogP contribution >= 0.6 is 0 Å². The van der Waals surface area contributed by atoms with E-state index in [1.165, 1.54) is 6.07 Å². The Morgan fingerprint density at radius 2 is 1.83 bits per heavy atom. The molecule has 0 aromatic heterocycles. The molecule has 2 aromatic carbocycles. The molecule has 30 heavy (non-hydrogen) atoms. The molecule has 2 atom stereocenters. The van der Waals surface area contributed by atoms with Crippen LogP contribution in [0.15, 0.2) is 57.3 Å². The van der Waals surface area contributed by atoms with E-state index in [1.54, 1.807) is 17.0 Å². The zero-order valence-corrected chi connectivity index (χ0v) is 16.8. The number of likely N-dealkylation sites (tertiary alicyclic amines) is 1. The van der Waals surface area contributed by atoms with Gasteiger partial charge in [0.2, 0.25) is 0 Å². The van der Waals surface area contributed by atoms with Crippen LogP contribution in [0.5, 0.6) is 5.75 Å². The van der Waals surface area contributed by atoms with Crippen LogP contribution in [0.2, 0.25) is 0 Å². The molecule has 1 fully saturated rings. The third-order valence-corrected chi connectivity index (χ3v) is 5.65. The number of aromatic hydroxyl groups is 1. The lowest BCUT2D eigenvalue weighted by molar-refractivity contribution is 0.0674. The molecule has 0 aliphatic carbocycles. The number of nitrogens with zero attached hydrogens (tertiary/aromatic N) is 3. The molecule has 4 N–H and O–H groups in total. The minimum absolute atomic E-state index is 0.113. The van der Waals surface area contributed by atoms with Crippen molar-refractivity contribution in [2.45, 2.75) is 18.9 Å². The van der Waals surface area contributed by atoms with Gasteiger partial charge in [0.15, 0.2) is 17.4 Å². The normalized spacial score (nSPS) is 20.6. The number of benzene rings is 2. The summed E-state index contributed by atoms with van der Waals surface area (Å²) in [5.74, 6) is -0.145. The van der Waals surface area contributed by atoms with Crippen LogP contribution < -0.4 is 10.6 Å². The van der Waals surface area contributed by atoms with E-state index in [9.17, 15) is 19.2 Å². The highest BCUT2D eigenvalue weighted by Crippen LogP contribution is 2.31. The van der Waals surface area contributed by atoms with Crippen LogP contribution in [0.1, 0.15) is 23.2 Å². The van der Waals surface area contributed by atoms with E-state index in [-0.39, 0.29) is 47.2 Å². The number of hydrogen-bond acceptors (Lipinski definition) is 6. The van der Waals surface area contributed by atoms with Gasteiger partial charge in [-0.25, -0.2) is 4.21 Å². The Bertz CT molecular complexity index is 1040. The van der Waals surface area contributed by atoms with Gasteiger partial charge in [-0.05, 0) is 37.1 Å². The fraction of sp³-hybridized carbons (Fsp3) is 0.250. The molecule has 10 heteroatoms. The summed E-state index contributed by atoms with van der Waals surface area (Å²) in [5.41, 5.74) is 1.09. The number of hydrogen-bond donors (Lipinski definition) is 4. The Morgan fingerprint density at radius 3 is 2.57 bits per heavy atom. The maximum absolute atomic E-state index is 12.9. The van der Waals surface area contributed by atoms with E-state index >= 15 is 0 Å². The van der Waals surface area contributed by atoms with E-state index < -0.39 is 11.2 Å². The minimum Gasteiger partial charge on any atom is -0.505 e. The predicted molar refractivity (Wildman–Crippen MR) is 116 cm³/mol. The minimum atomic E-state index is -1.79. The third-order valence-electron chi connectivity index (χ3n) is 4.97. The quantitative estimate of drug-likeness (QED) is 0.552. The van der Waals surface area contributed by atoms with E-state index in [0.717, 1.165) is 18.5 Å². The second kappa shape index (κ2) is 8.64. The predicted octanol–water partition coefficient (Wildman–Crippen LogP) is 1.90. The maximum Gasteiger partial charge on any atom is 0.269 e. The molecule has 0 saturated carbocycles. The molecule has 156 valence electrons. The van der Waals surface area contributed by atoms with Crippen molar-refractivity contribution >= 4 is 40.1 Å². The number of aliphatic hydroxyl groups excluding tert-OH is 1. The van der Waals surface area contributed by atoms with Gasteiger partial charge in [-0.15, -0.1) is 8.80 Å². The maximum atomic E-state index is 12.9. The average molecular weight is 427 g/mol. The van der Waals surface area contributed by atoms with Gasteiger partial charge >= 0.3 is 0 Å². The van der Waals surface area contributed by atoms with Crippen molar-refractivity contribution in [3.05, 3.63) is 54.1 Å². The molecule has 1 amide bonds. The molecular formula is C20H21N5O4S. The summed E-state index contributed by atoms with van der Waals surface area (Å²) in [4.78, 5) is 14.5. The largest absolute Gasteiger partial charge is 0.505 e. The first kappa shape index (κ1) is 20.0. The third kappa shape index (κ3) is 4.05. The Balaban J connectivity index is 1.56. The van der Waals surface area contributed by atoms with Crippen LogP contribution in [-0.4, -0.2) is 56.1 Å². The Morgan fingerprint density at radius 1 is 1.10 bits per heavy atom. The van der Waals surface area contributed by atoms with Crippen molar-refractivity contribution < 1.29 is 19.2 Å². The van der Waals surface area contributed by atoms with Crippen molar-refractivity contribution in [2.75, 3.05) is 23.8 Å². The Labute approximate surface area is 175 Å². The van der Waals surface area contributed by atoms with Crippen molar-refractivity contribution in [2.24, 2.45) is 8.80 Å². The Hall–Kier alpha value is -3.24. The summed E-state index contributed by atoms with van der Waals surface area (Å²) < 4.78 is 19.8. The summed E-state index contributed by atoms with van der Waals surface area (Å²) in [6.07, 6.45) is 1.54. The molecule has 1 saturated heterocycles. The standard InChI is InChI=1S/C20H21N5O4S/c26-12-14-8-5-11-25(14)20(28)15-9-4-10-16(17(15)27)22-19-18(23-30(29)24-19)21-13-6-2-1-3-7-13/h1-4,6-7,9-10,14,26-27H,5,8,11-12H2,(H,21,23)(H,22,24). The number of aliphatic hydroxyl groups is 1. The van der Waals surface area contributed by atoms with Crippen molar-refractivity contribution in [3.8, 4) is 5.75 Å². The first-order valence-corrected chi connectivity index (χ1v) is 10.6. The number of phenols is 1. The lowest BCUT2D eigenvalue weighted by Gasteiger charge is -2.24. The molecule has 2 unspecified atom stereocenters. The Kier molecular flexibility index (Phi) is 5.77. The number of phenolic OH excluding ortho intramolecular Hbond substituents is 1. The first-order chi connectivity index (χ1) is 14.6. The second-order valence-electron chi connectivity index (χ2n) is 6.91. The lowest BCUT2D eigenvalue weighted by Crippen LogP contribution is -2.37. The van der Waals surface area contributed by atoms with E-state index in [1.807, 2.05) is 30.3 Å². The summed E-state index contributed by atoms with van der Waals surface area (Å²) in [5, 5.41) is 26.2. The van der Waals surface area contributed by atoms with Gasteiger partial charge in [0, 0.05) is 12.2 Å². The highest BCUT2D eigenvalue weighted by atomic mass is 32.2. The molecule has 4 rings (SSSR count). The SMILES string of the molecule is O=C(c1cccc(NC2=NS(=O)N=C2Nc2ccccc2)c1O)N1CCCC1CO. The van der Waals surface area contributed by atoms with E-state index in [2.05, 4.69) is 19.4 Å². The number of carbonyl (C=O) groups excluding carboxylic acids is 1. The lowest BCUT2D eigenvalue weighted by atomic mass is 10.1. The van der Waals surface area contributed by atoms with Gasteiger partial charge < -0.3 is 25.7 Å². The highest BCUT2D eigenvalue weighted by Gasteiger charge is 2.31. The first-order valence-electron chi connectivity index (χ1n) is 9.49. The molecule has 0 bridgehead atoms. The number of carbonyl (C=O) groups is 1. The molecular weight excluding hydrogens is 406 g/mol. The van der Waals surface area contributed by atoms with Crippen LogP contribution in [0, 0.1) is 0 Å². The summed E-state index contributed by atoms with van der Waals surface area (Å²) in [7, 11) is 0. The van der Waals surface area contributed by atoms with Crippen molar-refractivity contribution in [1.29, 1.82) is 0 Å². The van der Waals surface area contributed by atoms with Gasteiger partial charge in [-0.2, -0.15) is 0 Å². The molecule has 2 heterocycles. The average Bonchev–Trinajstić information content (AvgIpc) is 3.36. The topological polar surface area (TPSA) is 127 Å². The summed E-state index contributed by atoms with van der Waals surface area (Å²) >= 11 is -1.79. The molecule has 2 aliphatic heterocycles. The van der Waals surface area contributed by atoms with E-state index in [4.69, 9.17) is 0 Å². The van der Waals surface area contributed by atoms with Gasteiger partial charge in [-0.3, -0.25) is 4.79 Å². The number of nitrogens with one attached hydrogen (secondary N) is 2. The number of anilines is 2. The number of amidine groups is 2. The van der Waals surface area contributed by atoms with Gasteiger partial charge in [0.25, 0.3) is 17.1 Å². The van der Waals surface area contributed by atoms with Gasteiger partial charge in [0.05, 0.1) is 23.9 Å². The van der Waals surface area contributed by atoms with Crippen LogP contribution in [0.4, 0.5) is 11.4 Å². The fourth-order valence-electron chi connectivity index (χ4n) is 3.48. The highest BCUT2D eigenvalue weighted by molar-refractivity contribution is 7.83. The molecule has 2 aromatic rings. The monoisotopic (exact) mass is 427 g/mol. The zero-order chi connectivity index (χ0) is 21.1. The number of para-hydroxylation sites is 2. The van der Waals surface area contributed by atoms with Crippen molar-refractivity contribution in [1.82, 2.24) is 4.90 Å². The number of amides is 1. The van der Waals surface area contributed by atoms with Gasteiger partial charge in [0.1, 0.15) is 0 Å². The fourth-order valence-corrected chi connectivity index (χ4v) is 4.09. The molecule has 0 radical (unpaired) electrons. The molecule has 0 spiro atoms. The molecule has 9 nitrogen and oxygen atoms in total. The van der Waals surface area contributed by atoms with E-state index in [0.29, 0.717) is 6.54 Å². The van der Waals surface area contributed by atoms with Crippen LogP contribution in [0.3, 0.4) is 0 Å². The van der Waals surface area contributed by atoms with Crippen LogP contribution in [-0.2, 0) is 11.2 Å². The number of rotatable bonds is 4. The van der Waals surface area contributed by atoms with Gasteiger partial charge in [-0.1, -0.05) is 24.3 Å². The molecule has 2 aliphatic rings. The summed E-state index contributed by atoms with van der Waals surface area (Å²) in [6, 6.07) is 13.7. The van der Waals surface area contributed by atoms with Crippen LogP contribution in [0.25, 0.3) is 0 Å². The second-order valence-corrected chi connectivity index (χ2v) is 7.73. The summed E-state index contributed by atoms with van der Waals surface area (Å²) in [6.45, 7) is 0.419.